The van der Waals surface area contributed by atoms with Gasteiger partial charge in [0.1, 0.15) is 5.75 Å². The summed E-state index contributed by atoms with van der Waals surface area (Å²) in [6, 6.07) is 6.34. The summed E-state index contributed by atoms with van der Waals surface area (Å²) in [7, 11) is 0. The van der Waals surface area contributed by atoms with E-state index in [1.165, 1.54) is 31.2 Å². The summed E-state index contributed by atoms with van der Waals surface area (Å²) < 4.78 is 7.43. The van der Waals surface area contributed by atoms with Crippen LogP contribution in [0.3, 0.4) is 0 Å². The molecule has 1 aliphatic rings. The van der Waals surface area contributed by atoms with Crippen LogP contribution >= 0.6 is 15.9 Å². The Kier molecular flexibility index (Phi) is 5.73. The van der Waals surface area contributed by atoms with Crippen molar-refractivity contribution in [3.8, 4) is 5.75 Å². The van der Waals surface area contributed by atoms with E-state index in [1.807, 2.05) is 0 Å². The van der Waals surface area contributed by atoms with E-state index in [0.29, 0.717) is 6.10 Å². The summed E-state index contributed by atoms with van der Waals surface area (Å²) in [5.74, 6) is 1.82. The third-order valence-electron chi connectivity index (χ3n) is 4.01. The van der Waals surface area contributed by atoms with Crippen LogP contribution in [0.1, 0.15) is 58.9 Å². The van der Waals surface area contributed by atoms with Crippen molar-refractivity contribution in [2.75, 3.05) is 0 Å². The molecule has 2 atom stereocenters. The van der Waals surface area contributed by atoms with Gasteiger partial charge < -0.3 is 10.1 Å². The maximum atomic E-state index is 6.32. The molecule has 0 amide bonds. The minimum absolute atomic E-state index is 0.110. The maximum absolute atomic E-state index is 6.32. The molecule has 2 nitrogen and oxygen atoms in total. The largest absolute Gasteiger partial charge is 0.490 e. The van der Waals surface area contributed by atoms with Crippen molar-refractivity contribution in [3.63, 3.8) is 0 Å². The van der Waals surface area contributed by atoms with E-state index in [-0.39, 0.29) is 5.54 Å². The molecule has 1 aromatic rings. The van der Waals surface area contributed by atoms with Gasteiger partial charge in [0.2, 0.25) is 0 Å². The third kappa shape index (κ3) is 5.63. The highest BCUT2D eigenvalue weighted by molar-refractivity contribution is 9.10. The molecule has 1 saturated carbocycles. The van der Waals surface area contributed by atoms with Crippen molar-refractivity contribution >= 4 is 15.9 Å². The molecule has 21 heavy (non-hydrogen) atoms. The normalized spacial score (nSPS) is 23.1. The van der Waals surface area contributed by atoms with Gasteiger partial charge in [-0.15, -0.1) is 0 Å². The number of hydrogen-bond donors (Lipinski definition) is 1. The third-order valence-corrected chi connectivity index (χ3v) is 4.51. The van der Waals surface area contributed by atoms with Crippen molar-refractivity contribution < 1.29 is 4.74 Å². The Balaban J connectivity index is 2.07. The lowest BCUT2D eigenvalue weighted by Gasteiger charge is -2.29. The van der Waals surface area contributed by atoms with Crippen molar-refractivity contribution in [2.45, 2.75) is 71.6 Å². The van der Waals surface area contributed by atoms with Gasteiger partial charge in [0.15, 0.2) is 0 Å². The molecular formula is C18H28BrNO. The average molecular weight is 354 g/mol. The summed E-state index contributed by atoms with van der Waals surface area (Å²) in [4.78, 5) is 0. The first kappa shape index (κ1) is 16.8. The van der Waals surface area contributed by atoms with Gasteiger partial charge >= 0.3 is 0 Å². The van der Waals surface area contributed by atoms with Gasteiger partial charge in [-0.1, -0.05) is 29.3 Å². The molecule has 118 valence electrons. The minimum Gasteiger partial charge on any atom is -0.490 e. The van der Waals surface area contributed by atoms with E-state index in [1.54, 1.807) is 0 Å². The lowest BCUT2D eigenvalue weighted by molar-refractivity contribution is 0.127. The van der Waals surface area contributed by atoms with Gasteiger partial charge in [0, 0.05) is 22.1 Å². The molecular weight excluding hydrogens is 326 g/mol. The van der Waals surface area contributed by atoms with Crippen LogP contribution in [0.5, 0.6) is 5.75 Å². The Hall–Kier alpha value is -0.540. The fourth-order valence-corrected chi connectivity index (χ4v) is 3.24. The summed E-state index contributed by atoms with van der Waals surface area (Å²) in [6.07, 6.45) is 5.38. The van der Waals surface area contributed by atoms with Crippen molar-refractivity contribution in [3.05, 3.63) is 28.2 Å². The van der Waals surface area contributed by atoms with Gasteiger partial charge in [-0.25, -0.2) is 0 Å². The molecule has 1 aromatic carbocycles. The van der Waals surface area contributed by atoms with E-state index in [4.69, 9.17) is 4.74 Å². The van der Waals surface area contributed by atoms with Crippen LogP contribution in [0, 0.1) is 5.92 Å². The van der Waals surface area contributed by atoms with Crippen LogP contribution in [-0.4, -0.2) is 11.6 Å². The molecule has 3 heteroatoms. The fraction of sp³-hybridized carbons (Fsp3) is 0.667. The van der Waals surface area contributed by atoms with Crippen LogP contribution in [0.2, 0.25) is 0 Å². The number of rotatable bonds is 4. The van der Waals surface area contributed by atoms with Crippen molar-refractivity contribution in [2.24, 2.45) is 5.92 Å². The van der Waals surface area contributed by atoms with Crippen LogP contribution in [0.4, 0.5) is 0 Å². The van der Waals surface area contributed by atoms with Crippen molar-refractivity contribution in [1.29, 1.82) is 0 Å². The van der Waals surface area contributed by atoms with E-state index in [0.717, 1.165) is 22.7 Å². The Labute approximate surface area is 137 Å². The predicted octanol–water partition coefficient (Wildman–Crippen LogP) is 5.29. The van der Waals surface area contributed by atoms with E-state index >= 15 is 0 Å². The monoisotopic (exact) mass is 353 g/mol. The van der Waals surface area contributed by atoms with Gasteiger partial charge in [-0.05, 0) is 64.2 Å². The van der Waals surface area contributed by atoms with Gasteiger partial charge in [0.05, 0.1) is 6.10 Å². The first-order chi connectivity index (χ1) is 9.83. The molecule has 0 bridgehead atoms. The number of hydrogen-bond acceptors (Lipinski definition) is 2. The fourth-order valence-electron chi connectivity index (χ4n) is 2.83. The number of nitrogens with one attached hydrogen (secondary N) is 1. The quantitative estimate of drug-likeness (QED) is 0.793. The van der Waals surface area contributed by atoms with Crippen LogP contribution < -0.4 is 10.1 Å². The highest BCUT2D eigenvalue weighted by Gasteiger charge is 2.21. The molecule has 2 rings (SSSR count). The summed E-state index contributed by atoms with van der Waals surface area (Å²) >= 11 is 3.57. The second-order valence-corrected chi connectivity index (χ2v) is 8.28. The predicted molar refractivity (Wildman–Crippen MR) is 92.8 cm³/mol. The average Bonchev–Trinajstić information content (AvgIpc) is 2.38. The highest BCUT2D eigenvalue weighted by atomic mass is 79.9. The second kappa shape index (κ2) is 7.15. The number of benzene rings is 1. The maximum Gasteiger partial charge on any atom is 0.124 e. The first-order valence-electron chi connectivity index (χ1n) is 8.03. The minimum atomic E-state index is 0.110. The molecule has 0 aromatic heterocycles. The Bertz CT molecular complexity index is 467. The van der Waals surface area contributed by atoms with Crippen LogP contribution in [0.15, 0.2) is 22.7 Å². The Morgan fingerprint density at radius 3 is 2.71 bits per heavy atom. The second-order valence-electron chi connectivity index (χ2n) is 7.37. The summed E-state index contributed by atoms with van der Waals surface area (Å²) in [5.41, 5.74) is 1.34. The first-order valence-corrected chi connectivity index (χ1v) is 8.83. The lowest BCUT2D eigenvalue weighted by Crippen LogP contribution is -2.35. The number of halogens is 1. The molecule has 1 fully saturated rings. The molecule has 0 saturated heterocycles. The van der Waals surface area contributed by atoms with E-state index < -0.39 is 0 Å². The molecule has 1 N–H and O–H groups in total. The van der Waals surface area contributed by atoms with Gasteiger partial charge in [0.25, 0.3) is 0 Å². The zero-order valence-electron chi connectivity index (χ0n) is 13.7. The molecule has 0 radical (unpaired) electrons. The molecule has 0 heterocycles. The SMILES string of the molecule is CC1CCCC(Oc2ccc(Br)cc2CNC(C)(C)C)C1. The van der Waals surface area contributed by atoms with E-state index in [9.17, 15) is 0 Å². The zero-order valence-corrected chi connectivity index (χ0v) is 15.3. The van der Waals surface area contributed by atoms with Crippen LogP contribution in [-0.2, 0) is 6.54 Å². The molecule has 0 aliphatic heterocycles. The molecule has 1 aliphatic carbocycles. The Morgan fingerprint density at radius 2 is 2.05 bits per heavy atom. The molecule has 2 unspecified atom stereocenters. The highest BCUT2D eigenvalue weighted by Crippen LogP contribution is 2.30. The van der Waals surface area contributed by atoms with Crippen molar-refractivity contribution in [1.82, 2.24) is 5.32 Å². The van der Waals surface area contributed by atoms with Crippen LogP contribution in [0.25, 0.3) is 0 Å². The summed E-state index contributed by atoms with van der Waals surface area (Å²) in [6.45, 7) is 9.73. The smallest absolute Gasteiger partial charge is 0.124 e. The van der Waals surface area contributed by atoms with E-state index in [2.05, 4.69) is 67.1 Å². The number of ether oxygens (including phenoxy) is 1. The van der Waals surface area contributed by atoms with Gasteiger partial charge in [-0.2, -0.15) is 0 Å². The molecule has 0 spiro atoms. The standard InChI is InChI=1S/C18H28BrNO/c1-13-6-5-7-16(10-13)21-17-9-8-15(19)11-14(17)12-20-18(2,3)4/h8-9,11,13,16,20H,5-7,10,12H2,1-4H3. The Morgan fingerprint density at radius 1 is 1.29 bits per heavy atom. The topological polar surface area (TPSA) is 21.3 Å². The lowest BCUT2D eigenvalue weighted by atomic mass is 9.88. The summed E-state index contributed by atoms with van der Waals surface area (Å²) in [5, 5.41) is 3.55. The zero-order chi connectivity index (χ0) is 15.5. The van der Waals surface area contributed by atoms with Gasteiger partial charge in [-0.3, -0.25) is 0 Å².